The Morgan fingerprint density at radius 3 is 2.77 bits per heavy atom. The van der Waals surface area contributed by atoms with Crippen LogP contribution in [-0.4, -0.2) is 36.6 Å². The number of aromatic hydroxyl groups is 2. The lowest BCUT2D eigenvalue weighted by Gasteiger charge is -2.09. The van der Waals surface area contributed by atoms with Gasteiger partial charge in [0.1, 0.15) is 36.3 Å². The zero-order valence-electron chi connectivity index (χ0n) is 12.1. The number of methoxy groups -OCH3 is 1. The van der Waals surface area contributed by atoms with Crippen molar-refractivity contribution >= 4 is 12.2 Å². The van der Waals surface area contributed by atoms with Gasteiger partial charge in [-0.05, 0) is 23.8 Å². The Labute approximate surface area is 126 Å². The fourth-order valence-electron chi connectivity index (χ4n) is 1.98. The molecule has 2 N–H and O–H groups in total. The third-order valence-corrected chi connectivity index (χ3v) is 2.90. The lowest BCUT2D eigenvalue weighted by atomic mass is 10.0. The molecule has 0 bridgehead atoms. The van der Waals surface area contributed by atoms with Gasteiger partial charge in [0.25, 0.3) is 0 Å². The van der Waals surface area contributed by atoms with E-state index in [1.807, 2.05) is 0 Å². The van der Waals surface area contributed by atoms with E-state index < -0.39 is 5.97 Å². The summed E-state index contributed by atoms with van der Waals surface area (Å²) in [6.45, 7) is 0. The molecule has 0 unspecified atom stereocenters. The number of hydrogen-bond donors (Lipinski definition) is 2. The third kappa shape index (κ3) is 3.38. The second-order valence-electron chi connectivity index (χ2n) is 4.37. The molecule has 0 atom stereocenters. The van der Waals surface area contributed by atoms with Crippen LogP contribution in [0.3, 0.4) is 0 Å². The normalized spacial score (nSPS) is 10.8. The van der Waals surface area contributed by atoms with Gasteiger partial charge in [-0.15, -0.1) is 0 Å². The number of benzene rings is 1. The quantitative estimate of drug-likeness (QED) is 0.498. The molecular formula is C15H15NO6. The minimum Gasteiger partial charge on any atom is -0.508 e. The smallest absolute Gasteiger partial charge is 0.310 e. The Bertz CT molecular complexity index is 704. The molecule has 22 heavy (non-hydrogen) atoms. The minimum absolute atomic E-state index is 0.115. The number of phenols is 2. The zero-order chi connectivity index (χ0) is 16.1. The van der Waals surface area contributed by atoms with E-state index in [-0.39, 0.29) is 17.9 Å². The van der Waals surface area contributed by atoms with Gasteiger partial charge < -0.3 is 24.2 Å². The van der Waals surface area contributed by atoms with Crippen LogP contribution in [0.1, 0.15) is 11.3 Å². The molecule has 116 valence electrons. The fraction of sp³-hybridized carbons (Fsp3) is 0.200. The molecule has 0 saturated heterocycles. The van der Waals surface area contributed by atoms with E-state index in [0.717, 1.165) is 0 Å². The van der Waals surface area contributed by atoms with Crippen LogP contribution in [0, 0.1) is 0 Å². The molecule has 7 nitrogen and oxygen atoms in total. The lowest BCUT2D eigenvalue weighted by Crippen LogP contribution is -2.05. The van der Waals surface area contributed by atoms with Crippen LogP contribution in [-0.2, 0) is 20.8 Å². The summed E-state index contributed by atoms with van der Waals surface area (Å²) < 4.78 is 10.1. The highest BCUT2D eigenvalue weighted by molar-refractivity contribution is 5.81. The molecule has 0 amide bonds. The predicted molar refractivity (Wildman–Crippen MR) is 77.8 cm³/mol. The van der Waals surface area contributed by atoms with Crippen molar-refractivity contribution in [2.24, 2.45) is 5.16 Å². The number of carbonyl (C=O) groups excluding carboxylic acids is 1. The van der Waals surface area contributed by atoms with Crippen LogP contribution in [0.5, 0.6) is 11.5 Å². The molecule has 0 aliphatic carbocycles. The Hall–Kier alpha value is -2.96. The molecule has 0 fully saturated rings. The summed E-state index contributed by atoms with van der Waals surface area (Å²) in [6, 6.07) is 5.79. The second-order valence-corrected chi connectivity index (χ2v) is 4.37. The van der Waals surface area contributed by atoms with E-state index in [2.05, 4.69) is 14.7 Å². The van der Waals surface area contributed by atoms with Crippen molar-refractivity contribution in [3.05, 3.63) is 35.6 Å². The standard InChI is InChI=1S/C15H15NO6/c1-20-14(19)6-9-5-10(17)7-12(18)15(9)13-4-3-11(22-13)8-16-21-2/h3-5,7-8,17-18H,6H2,1-2H3. The number of oxime groups is 1. The van der Waals surface area contributed by atoms with E-state index in [0.29, 0.717) is 22.6 Å². The van der Waals surface area contributed by atoms with Gasteiger partial charge in [0.2, 0.25) is 0 Å². The Balaban J connectivity index is 2.46. The first-order valence-electron chi connectivity index (χ1n) is 6.33. The largest absolute Gasteiger partial charge is 0.508 e. The van der Waals surface area contributed by atoms with Gasteiger partial charge in [-0.1, -0.05) is 5.16 Å². The van der Waals surface area contributed by atoms with Crippen LogP contribution < -0.4 is 0 Å². The van der Waals surface area contributed by atoms with Crippen LogP contribution in [0.25, 0.3) is 11.3 Å². The summed E-state index contributed by atoms with van der Waals surface area (Å²) >= 11 is 0. The molecule has 1 aromatic heterocycles. The number of nitrogens with zero attached hydrogens (tertiary/aromatic N) is 1. The van der Waals surface area contributed by atoms with Crippen molar-refractivity contribution in [1.29, 1.82) is 0 Å². The monoisotopic (exact) mass is 305 g/mol. The molecule has 0 spiro atoms. The van der Waals surface area contributed by atoms with Crippen LogP contribution >= 0.6 is 0 Å². The predicted octanol–water partition coefficient (Wildman–Crippen LogP) is 2.05. The van der Waals surface area contributed by atoms with Gasteiger partial charge in [0.15, 0.2) is 0 Å². The molecular weight excluding hydrogens is 290 g/mol. The molecule has 0 aliphatic rings. The summed E-state index contributed by atoms with van der Waals surface area (Å²) in [7, 11) is 2.66. The Morgan fingerprint density at radius 2 is 2.09 bits per heavy atom. The SMILES string of the molecule is CON=Cc1ccc(-c2c(O)cc(O)cc2CC(=O)OC)o1. The van der Waals surface area contributed by atoms with E-state index in [1.54, 1.807) is 12.1 Å². The molecule has 2 rings (SSSR count). The second kappa shape index (κ2) is 6.66. The Morgan fingerprint density at radius 1 is 1.32 bits per heavy atom. The van der Waals surface area contributed by atoms with Crippen LogP contribution in [0.15, 0.2) is 33.8 Å². The Kier molecular flexibility index (Phi) is 4.67. The number of phenolic OH excluding ortho intramolecular Hbond substituents is 2. The number of hydrogen-bond acceptors (Lipinski definition) is 7. The number of rotatable bonds is 5. The highest BCUT2D eigenvalue weighted by atomic mass is 16.6. The van der Waals surface area contributed by atoms with Crippen molar-refractivity contribution in [1.82, 2.24) is 0 Å². The van der Waals surface area contributed by atoms with E-state index >= 15 is 0 Å². The topological polar surface area (TPSA) is 101 Å². The number of furan rings is 1. The number of esters is 1. The van der Waals surface area contributed by atoms with Crippen LogP contribution in [0.2, 0.25) is 0 Å². The average molecular weight is 305 g/mol. The summed E-state index contributed by atoms with van der Waals surface area (Å²) in [5.74, 6) is -0.127. The van der Waals surface area contributed by atoms with E-state index in [9.17, 15) is 15.0 Å². The fourth-order valence-corrected chi connectivity index (χ4v) is 1.98. The first kappa shape index (κ1) is 15.4. The molecule has 1 heterocycles. The number of carbonyl (C=O) groups is 1. The van der Waals surface area contributed by atoms with Gasteiger partial charge in [-0.3, -0.25) is 4.79 Å². The van der Waals surface area contributed by atoms with E-state index in [4.69, 9.17) is 4.42 Å². The summed E-state index contributed by atoms with van der Waals surface area (Å²) in [4.78, 5) is 16.0. The van der Waals surface area contributed by atoms with Crippen molar-refractivity contribution < 1.29 is 29.0 Å². The van der Waals surface area contributed by atoms with Gasteiger partial charge >= 0.3 is 5.97 Å². The third-order valence-electron chi connectivity index (χ3n) is 2.90. The van der Waals surface area contributed by atoms with Crippen molar-refractivity contribution in [3.8, 4) is 22.8 Å². The zero-order valence-corrected chi connectivity index (χ0v) is 12.1. The van der Waals surface area contributed by atoms with Crippen molar-refractivity contribution in [3.63, 3.8) is 0 Å². The first-order chi connectivity index (χ1) is 10.5. The van der Waals surface area contributed by atoms with Crippen LogP contribution in [0.4, 0.5) is 0 Å². The molecule has 0 aliphatic heterocycles. The maximum Gasteiger partial charge on any atom is 0.310 e. The van der Waals surface area contributed by atoms with Gasteiger partial charge in [0.05, 0.1) is 19.1 Å². The minimum atomic E-state index is -0.501. The molecule has 0 saturated carbocycles. The van der Waals surface area contributed by atoms with E-state index in [1.165, 1.54) is 32.6 Å². The highest BCUT2D eigenvalue weighted by Crippen LogP contribution is 2.37. The van der Waals surface area contributed by atoms with Gasteiger partial charge in [0, 0.05) is 6.07 Å². The molecule has 7 heteroatoms. The summed E-state index contributed by atoms with van der Waals surface area (Å²) in [5.41, 5.74) is 0.689. The molecule has 1 aromatic carbocycles. The molecule has 0 radical (unpaired) electrons. The summed E-state index contributed by atoms with van der Waals surface area (Å²) in [5, 5.41) is 23.2. The lowest BCUT2D eigenvalue weighted by molar-refractivity contribution is -0.139. The number of ether oxygens (including phenoxy) is 1. The average Bonchev–Trinajstić information content (AvgIpc) is 2.92. The van der Waals surface area contributed by atoms with Crippen molar-refractivity contribution in [2.75, 3.05) is 14.2 Å². The van der Waals surface area contributed by atoms with Gasteiger partial charge in [-0.2, -0.15) is 0 Å². The maximum atomic E-state index is 11.5. The molecule has 2 aromatic rings. The van der Waals surface area contributed by atoms with Crippen molar-refractivity contribution in [2.45, 2.75) is 6.42 Å². The van der Waals surface area contributed by atoms with Gasteiger partial charge in [-0.25, -0.2) is 0 Å². The maximum absolute atomic E-state index is 11.5. The summed E-state index contributed by atoms with van der Waals surface area (Å²) in [6.07, 6.45) is 1.25. The first-order valence-corrected chi connectivity index (χ1v) is 6.33. The highest BCUT2D eigenvalue weighted by Gasteiger charge is 2.18.